The summed E-state index contributed by atoms with van der Waals surface area (Å²) in [7, 11) is 1.30. The molecule has 0 aromatic carbocycles. The summed E-state index contributed by atoms with van der Waals surface area (Å²) in [5.41, 5.74) is 4.59. The third kappa shape index (κ3) is 5.29. The molecule has 0 spiro atoms. The Balaban J connectivity index is 1.45. The van der Waals surface area contributed by atoms with Gasteiger partial charge in [-0.2, -0.15) is 22.0 Å². The average molecular weight is 540 g/mol. The van der Waals surface area contributed by atoms with Crippen LogP contribution in [0.5, 0.6) is 5.88 Å². The molecule has 5 heterocycles. The number of rotatable bonds is 8. The molecule has 0 radical (unpaired) electrons. The lowest BCUT2D eigenvalue weighted by atomic mass is 10.1. The molecule has 3 N–H and O–H groups in total. The molecule has 0 unspecified atom stereocenters. The van der Waals surface area contributed by atoms with E-state index >= 15 is 0 Å². The Morgan fingerprint density at radius 1 is 1.16 bits per heavy atom. The van der Waals surface area contributed by atoms with Gasteiger partial charge in [-0.1, -0.05) is 0 Å². The van der Waals surface area contributed by atoms with Crippen LogP contribution in [0.2, 0.25) is 0 Å². The molecule has 5 rings (SSSR count). The van der Waals surface area contributed by atoms with Gasteiger partial charge in [0.25, 0.3) is 10.2 Å². The second kappa shape index (κ2) is 10.6. The Bertz CT molecular complexity index is 1530. The van der Waals surface area contributed by atoms with Crippen molar-refractivity contribution >= 4 is 32.9 Å². The van der Waals surface area contributed by atoms with Crippen LogP contribution in [0.15, 0.2) is 36.9 Å². The van der Waals surface area contributed by atoms with Gasteiger partial charge in [-0.3, -0.25) is 4.90 Å². The minimum absolute atomic E-state index is 0.439. The molecule has 1 fully saturated rings. The number of nitrogens with zero attached hydrogens (tertiary/aromatic N) is 7. The van der Waals surface area contributed by atoms with Crippen LogP contribution < -0.4 is 15.0 Å². The standard InChI is InChI=1S/C24H30N10O3S/c1-16-29-21(22-24(30-16)28-15-27-22)19-11-17(12-26-23(19)31-18-5-6-20(37-4)25-13-18)14-33-7-9-34(10-8-33)38(35,36)32(2)3/h5-6,11-13,15H,7-10,14H2,1-4H3,(H,26,31)(H,27,28,29,30)/p+1. The quantitative estimate of drug-likeness (QED) is 0.337. The number of fused-ring (bicyclic) bond motifs is 1. The summed E-state index contributed by atoms with van der Waals surface area (Å²) in [5.74, 6) is 1.87. The zero-order valence-electron chi connectivity index (χ0n) is 21.8. The van der Waals surface area contributed by atoms with E-state index in [0.29, 0.717) is 61.6 Å². The molecule has 0 bridgehead atoms. The van der Waals surface area contributed by atoms with Crippen LogP contribution in [0.25, 0.3) is 22.4 Å². The lowest BCUT2D eigenvalue weighted by Crippen LogP contribution is -2.51. The van der Waals surface area contributed by atoms with Gasteiger partial charge >= 0.3 is 5.88 Å². The molecular formula is C24H31N10O3S+. The van der Waals surface area contributed by atoms with E-state index in [4.69, 9.17) is 14.7 Å². The predicted molar refractivity (Wildman–Crippen MR) is 142 cm³/mol. The highest BCUT2D eigenvalue weighted by molar-refractivity contribution is 7.86. The summed E-state index contributed by atoms with van der Waals surface area (Å²) in [4.78, 5) is 26.7. The third-order valence-corrected chi connectivity index (χ3v) is 8.33. The maximum absolute atomic E-state index is 12.5. The number of aromatic nitrogens is 6. The highest BCUT2D eigenvalue weighted by Crippen LogP contribution is 2.32. The summed E-state index contributed by atoms with van der Waals surface area (Å²) >= 11 is 0. The molecule has 14 heteroatoms. The van der Waals surface area contributed by atoms with Crippen LogP contribution in [-0.2, 0) is 16.8 Å². The van der Waals surface area contributed by atoms with E-state index < -0.39 is 10.2 Å². The van der Waals surface area contributed by atoms with Gasteiger partial charge in [0.1, 0.15) is 28.5 Å². The molecule has 1 aliphatic heterocycles. The minimum atomic E-state index is -3.41. The number of anilines is 2. The van der Waals surface area contributed by atoms with Crippen molar-refractivity contribution in [3.8, 4) is 17.1 Å². The first-order valence-electron chi connectivity index (χ1n) is 12.1. The van der Waals surface area contributed by atoms with Crippen LogP contribution >= 0.6 is 0 Å². The van der Waals surface area contributed by atoms with Gasteiger partial charge in [-0.25, -0.2) is 19.9 Å². The number of pyridine rings is 2. The fourth-order valence-electron chi connectivity index (χ4n) is 4.37. The number of imidazole rings is 1. The normalized spacial score (nSPS) is 15.3. The SMILES string of the molecule is COc1ccc(Nc2ncc(CN3CCN(S(=O)(=O)N(C)C)CC3)cc2-c2nc(C)nc3nc[nH]c23)c[nH+]1. The van der Waals surface area contributed by atoms with E-state index in [1.165, 1.54) is 8.61 Å². The van der Waals surface area contributed by atoms with Crippen LogP contribution in [0, 0.1) is 6.92 Å². The van der Waals surface area contributed by atoms with Crippen LogP contribution in [0.1, 0.15) is 11.4 Å². The maximum Gasteiger partial charge on any atom is 0.365 e. The van der Waals surface area contributed by atoms with Crippen LogP contribution in [0.4, 0.5) is 11.5 Å². The second-order valence-corrected chi connectivity index (χ2v) is 11.3. The van der Waals surface area contributed by atoms with E-state index in [1.807, 2.05) is 25.3 Å². The summed E-state index contributed by atoms with van der Waals surface area (Å²) in [6.07, 6.45) is 5.24. The molecule has 13 nitrogen and oxygen atoms in total. The fourth-order valence-corrected chi connectivity index (χ4v) is 5.46. The highest BCUT2D eigenvalue weighted by Gasteiger charge is 2.28. The number of hydrogen-bond donors (Lipinski definition) is 2. The number of H-pyrrole nitrogens is 2. The van der Waals surface area contributed by atoms with E-state index in [-0.39, 0.29) is 0 Å². The molecule has 0 saturated carbocycles. The van der Waals surface area contributed by atoms with Gasteiger partial charge in [0, 0.05) is 58.6 Å². The van der Waals surface area contributed by atoms with E-state index in [1.54, 1.807) is 33.7 Å². The number of hydrogen-bond acceptors (Lipinski definition) is 9. The first kappa shape index (κ1) is 25.9. The van der Waals surface area contributed by atoms with Gasteiger partial charge < -0.3 is 15.0 Å². The van der Waals surface area contributed by atoms with Gasteiger partial charge in [-0.15, -0.1) is 0 Å². The molecule has 1 aliphatic rings. The number of piperazine rings is 1. The average Bonchev–Trinajstić information content (AvgIpc) is 3.38. The van der Waals surface area contributed by atoms with Crippen molar-refractivity contribution in [2.75, 3.05) is 52.7 Å². The summed E-state index contributed by atoms with van der Waals surface area (Å²) in [5, 5.41) is 3.38. The summed E-state index contributed by atoms with van der Waals surface area (Å²) in [6, 6.07) is 5.79. The van der Waals surface area contributed by atoms with Gasteiger partial charge in [-0.05, 0) is 24.6 Å². The maximum atomic E-state index is 12.5. The van der Waals surface area contributed by atoms with Crippen LogP contribution in [0.3, 0.4) is 0 Å². The Hall–Kier alpha value is -3.72. The zero-order valence-corrected chi connectivity index (χ0v) is 22.6. The monoisotopic (exact) mass is 539 g/mol. The largest absolute Gasteiger partial charge is 0.448 e. The molecule has 0 atom stereocenters. The Labute approximate surface area is 221 Å². The second-order valence-electron chi connectivity index (χ2n) is 9.20. The fraction of sp³-hybridized carbons (Fsp3) is 0.375. The lowest BCUT2D eigenvalue weighted by molar-refractivity contribution is -0.392. The van der Waals surface area contributed by atoms with E-state index in [2.05, 4.69) is 36.2 Å². The highest BCUT2D eigenvalue weighted by atomic mass is 32.2. The third-order valence-electron chi connectivity index (χ3n) is 6.39. The number of aromatic amines is 2. The molecular weight excluding hydrogens is 508 g/mol. The summed E-state index contributed by atoms with van der Waals surface area (Å²) in [6.45, 7) is 4.59. The molecule has 200 valence electrons. The zero-order chi connectivity index (χ0) is 26.9. The Kier molecular flexibility index (Phi) is 7.21. The number of methoxy groups -OCH3 is 1. The first-order chi connectivity index (χ1) is 18.2. The number of aryl methyl sites for hydroxylation is 1. The van der Waals surface area contributed by atoms with Crippen molar-refractivity contribution in [1.29, 1.82) is 0 Å². The molecule has 0 aliphatic carbocycles. The van der Waals surface area contributed by atoms with Crippen molar-refractivity contribution in [2.24, 2.45) is 0 Å². The molecule has 0 amide bonds. The molecule has 4 aromatic rings. The minimum Gasteiger partial charge on any atom is -0.448 e. The van der Waals surface area contributed by atoms with Gasteiger partial charge in [0.15, 0.2) is 11.8 Å². The van der Waals surface area contributed by atoms with E-state index in [0.717, 1.165) is 22.3 Å². The summed E-state index contributed by atoms with van der Waals surface area (Å²) < 4.78 is 32.9. The molecule has 38 heavy (non-hydrogen) atoms. The number of ether oxygens (including phenoxy) is 1. The van der Waals surface area contributed by atoms with Crippen molar-refractivity contribution in [1.82, 2.24) is 38.4 Å². The van der Waals surface area contributed by atoms with E-state index in [9.17, 15) is 8.42 Å². The Morgan fingerprint density at radius 2 is 1.95 bits per heavy atom. The van der Waals surface area contributed by atoms with Gasteiger partial charge in [0.2, 0.25) is 0 Å². The van der Waals surface area contributed by atoms with Gasteiger partial charge in [0.05, 0.1) is 19.5 Å². The van der Waals surface area contributed by atoms with Crippen molar-refractivity contribution in [3.63, 3.8) is 0 Å². The molecule has 4 aromatic heterocycles. The topological polar surface area (TPSA) is 147 Å². The van der Waals surface area contributed by atoms with Crippen molar-refractivity contribution in [3.05, 3.63) is 48.3 Å². The smallest absolute Gasteiger partial charge is 0.365 e. The Morgan fingerprint density at radius 3 is 2.63 bits per heavy atom. The predicted octanol–water partition coefficient (Wildman–Crippen LogP) is 1.21. The van der Waals surface area contributed by atoms with Crippen LogP contribution in [-0.4, -0.2) is 94.2 Å². The molecule has 1 saturated heterocycles. The number of nitrogens with one attached hydrogen (secondary N) is 3. The van der Waals surface area contributed by atoms with Crippen molar-refractivity contribution < 1.29 is 18.1 Å². The first-order valence-corrected chi connectivity index (χ1v) is 13.5. The lowest BCUT2D eigenvalue weighted by Gasteiger charge is -2.35. The van der Waals surface area contributed by atoms with Crippen molar-refractivity contribution in [2.45, 2.75) is 13.5 Å².